The molecular weight excluding hydrogens is 220 g/mol. The van der Waals surface area contributed by atoms with Crippen LogP contribution in [-0.2, 0) is 10.8 Å². The van der Waals surface area contributed by atoms with Crippen LogP contribution in [0.25, 0.3) is 0 Å². The molecule has 0 aliphatic rings. The number of nitro groups is 1. The Labute approximate surface area is 88.3 Å². The monoisotopic (exact) mass is 230 g/mol. The smallest absolute Gasteiger partial charge is 0.271 e. The lowest BCUT2D eigenvalue weighted by Crippen LogP contribution is -2.05. The van der Waals surface area contributed by atoms with Crippen LogP contribution in [0, 0.1) is 10.1 Å². The number of aliphatic hydroxyl groups excluding tert-OH is 1. The van der Waals surface area contributed by atoms with Crippen LogP contribution in [0.2, 0.25) is 0 Å². The molecule has 7 heteroatoms. The van der Waals surface area contributed by atoms with Crippen molar-refractivity contribution in [3.05, 3.63) is 28.3 Å². The first-order chi connectivity index (χ1) is 7.06. The maximum absolute atomic E-state index is 11.4. The molecule has 0 amide bonds. The van der Waals surface area contributed by atoms with Crippen molar-refractivity contribution >= 4 is 22.2 Å². The van der Waals surface area contributed by atoms with Gasteiger partial charge in [-0.25, -0.2) is 0 Å². The molecule has 0 radical (unpaired) electrons. The van der Waals surface area contributed by atoms with E-state index in [2.05, 4.69) is 0 Å². The fourth-order valence-corrected chi connectivity index (χ4v) is 1.98. The van der Waals surface area contributed by atoms with Gasteiger partial charge < -0.3 is 10.8 Å². The van der Waals surface area contributed by atoms with E-state index in [0.29, 0.717) is 4.90 Å². The Kier molecular flexibility index (Phi) is 3.75. The topological polar surface area (TPSA) is 106 Å². The number of nitro benzene ring substituents is 1. The summed E-state index contributed by atoms with van der Waals surface area (Å²) >= 11 is 0. The highest BCUT2D eigenvalue weighted by Gasteiger charge is 2.12. The van der Waals surface area contributed by atoms with Crippen LogP contribution >= 0.6 is 0 Å². The van der Waals surface area contributed by atoms with Crippen molar-refractivity contribution in [1.29, 1.82) is 0 Å². The van der Waals surface area contributed by atoms with Gasteiger partial charge in [-0.1, -0.05) is 0 Å². The Morgan fingerprint density at radius 1 is 1.53 bits per heavy atom. The molecule has 1 aromatic rings. The zero-order valence-electron chi connectivity index (χ0n) is 7.75. The minimum absolute atomic E-state index is 0.0714. The standard InChI is InChI=1S/C8H10N2O4S/c9-7-5-6(10(12)13)1-2-8(7)15(14)4-3-11/h1-2,5,11H,3-4,9H2. The number of non-ortho nitro benzene ring substituents is 1. The summed E-state index contributed by atoms with van der Waals surface area (Å²) in [6, 6.07) is 3.74. The molecule has 1 atom stereocenters. The number of benzene rings is 1. The predicted molar refractivity (Wildman–Crippen MR) is 55.9 cm³/mol. The van der Waals surface area contributed by atoms with Crippen LogP contribution in [-0.4, -0.2) is 26.6 Å². The van der Waals surface area contributed by atoms with Gasteiger partial charge in [-0.15, -0.1) is 0 Å². The number of hydrogen-bond acceptors (Lipinski definition) is 5. The van der Waals surface area contributed by atoms with E-state index >= 15 is 0 Å². The van der Waals surface area contributed by atoms with Gasteiger partial charge in [-0.2, -0.15) is 0 Å². The van der Waals surface area contributed by atoms with E-state index in [9.17, 15) is 14.3 Å². The van der Waals surface area contributed by atoms with Crippen molar-refractivity contribution < 1.29 is 14.2 Å². The van der Waals surface area contributed by atoms with E-state index < -0.39 is 15.7 Å². The van der Waals surface area contributed by atoms with Gasteiger partial charge in [-0.3, -0.25) is 14.3 Å². The molecule has 82 valence electrons. The van der Waals surface area contributed by atoms with Crippen LogP contribution in [0.15, 0.2) is 23.1 Å². The molecule has 6 nitrogen and oxygen atoms in total. The van der Waals surface area contributed by atoms with Gasteiger partial charge in [-0.05, 0) is 6.07 Å². The summed E-state index contributed by atoms with van der Waals surface area (Å²) < 4.78 is 11.4. The third-order valence-corrected chi connectivity index (χ3v) is 3.14. The van der Waals surface area contributed by atoms with Gasteiger partial charge >= 0.3 is 0 Å². The lowest BCUT2D eigenvalue weighted by atomic mass is 10.3. The first-order valence-corrected chi connectivity index (χ1v) is 5.41. The van der Waals surface area contributed by atoms with Crippen molar-refractivity contribution in [2.45, 2.75) is 4.90 Å². The fraction of sp³-hybridized carbons (Fsp3) is 0.250. The van der Waals surface area contributed by atoms with E-state index in [-0.39, 0.29) is 23.7 Å². The average Bonchev–Trinajstić information content (AvgIpc) is 2.17. The van der Waals surface area contributed by atoms with Gasteiger partial charge in [0.25, 0.3) is 5.69 Å². The minimum atomic E-state index is -1.41. The molecule has 3 N–H and O–H groups in total. The summed E-state index contributed by atoms with van der Waals surface area (Å²) in [6.07, 6.45) is 0. The van der Waals surface area contributed by atoms with Crippen molar-refractivity contribution in [2.75, 3.05) is 18.1 Å². The zero-order chi connectivity index (χ0) is 11.4. The summed E-state index contributed by atoms with van der Waals surface area (Å²) in [6.45, 7) is -0.219. The number of nitrogen functional groups attached to an aromatic ring is 1. The van der Waals surface area contributed by atoms with Gasteiger partial charge in [0.05, 0.1) is 38.7 Å². The predicted octanol–water partition coefficient (Wildman–Crippen LogP) is 0.277. The quantitative estimate of drug-likeness (QED) is 0.439. The molecule has 0 fully saturated rings. The van der Waals surface area contributed by atoms with Crippen LogP contribution in [0.1, 0.15) is 0 Å². The molecule has 1 aromatic carbocycles. The van der Waals surface area contributed by atoms with Crippen LogP contribution in [0.3, 0.4) is 0 Å². The lowest BCUT2D eigenvalue weighted by molar-refractivity contribution is -0.384. The molecule has 0 aromatic heterocycles. The number of nitrogens with two attached hydrogens (primary N) is 1. The van der Waals surface area contributed by atoms with E-state index in [4.69, 9.17) is 10.8 Å². The lowest BCUT2D eigenvalue weighted by Gasteiger charge is -2.03. The second-order valence-corrected chi connectivity index (χ2v) is 4.29. The summed E-state index contributed by atoms with van der Waals surface area (Å²) in [4.78, 5) is 10.1. The number of nitrogens with zero attached hydrogens (tertiary/aromatic N) is 1. The van der Waals surface area contributed by atoms with E-state index in [1.807, 2.05) is 0 Å². The van der Waals surface area contributed by atoms with Crippen molar-refractivity contribution in [1.82, 2.24) is 0 Å². The Morgan fingerprint density at radius 3 is 2.67 bits per heavy atom. The second kappa shape index (κ2) is 4.85. The fourth-order valence-electron chi connectivity index (χ4n) is 1.05. The van der Waals surface area contributed by atoms with E-state index in [1.54, 1.807) is 0 Å². The average molecular weight is 230 g/mol. The molecule has 1 rings (SSSR count). The van der Waals surface area contributed by atoms with Crippen molar-refractivity contribution in [3.63, 3.8) is 0 Å². The highest BCUT2D eigenvalue weighted by Crippen LogP contribution is 2.22. The first kappa shape index (κ1) is 11.6. The second-order valence-electron chi connectivity index (χ2n) is 2.75. The van der Waals surface area contributed by atoms with Crippen LogP contribution < -0.4 is 5.73 Å². The SMILES string of the molecule is Nc1cc([N+](=O)[O-])ccc1S(=O)CCO. The Hall–Kier alpha value is -1.47. The minimum Gasteiger partial charge on any atom is -0.398 e. The van der Waals surface area contributed by atoms with Crippen molar-refractivity contribution in [3.8, 4) is 0 Å². The largest absolute Gasteiger partial charge is 0.398 e. The molecule has 0 saturated heterocycles. The summed E-state index contributed by atoms with van der Waals surface area (Å²) in [7, 11) is -1.41. The Morgan fingerprint density at radius 2 is 2.20 bits per heavy atom. The first-order valence-electron chi connectivity index (χ1n) is 4.09. The molecule has 15 heavy (non-hydrogen) atoms. The third-order valence-electron chi connectivity index (χ3n) is 1.73. The Balaban J connectivity index is 3.03. The summed E-state index contributed by atoms with van der Waals surface area (Å²) in [5.41, 5.74) is 5.48. The molecule has 0 bridgehead atoms. The summed E-state index contributed by atoms with van der Waals surface area (Å²) in [5, 5.41) is 19.0. The number of anilines is 1. The highest BCUT2D eigenvalue weighted by atomic mass is 32.2. The number of rotatable bonds is 4. The van der Waals surface area contributed by atoms with E-state index in [1.165, 1.54) is 12.1 Å². The number of hydrogen-bond donors (Lipinski definition) is 2. The normalized spacial score (nSPS) is 12.3. The molecule has 0 aliphatic carbocycles. The zero-order valence-corrected chi connectivity index (χ0v) is 8.57. The van der Waals surface area contributed by atoms with E-state index in [0.717, 1.165) is 6.07 Å². The molecular formula is C8H10N2O4S. The van der Waals surface area contributed by atoms with Gasteiger partial charge in [0.2, 0.25) is 0 Å². The summed E-state index contributed by atoms with van der Waals surface area (Å²) in [5.74, 6) is 0.0714. The molecule has 1 unspecified atom stereocenters. The highest BCUT2D eigenvalue weighted by molar-refractivity contribution is 7.85. The van der Waals surface area contributed by atoms with Gasteiger partial charge in [0, 0.05) is 12.1 Å². The Bertz CT molecular complexity index is 408. The maximum atomic E-state index is 11.4. The van der Waals surface area contributed by atoms with Gasteiger partial charge in [0.1, 0.15) is 0 Å². The molecule has 0 saturated carbocycles. The maximum Gasteiger partial charge on any atom is 0.271 e. The third kappa shape index (κ3) is 2.74. The van der Waals surface area contributed by atoms with Crippen LogP contribution in [0.5, 0.6) is 0 Å². The molecule has 0 aliphatic heterocycles. The molecule has 0 spiro atoms. The molecule has 0 heterocycles. The van der Waals surface area contributed by atoms with Crippen LogP contribution in [0.4, 0.5) is 11.4 Å². The van der Waals surface area contributed by atoms with Crippen molar-refractivity contribution in [2.24, 2.45) is 0 Å². The van der Waals surface area contributed by atoms with Gasteiger partial charge in [0.15, 0.2) is 0 Å². The number of aliphatic hydroxyl groups is 1.